The first-order valence-corrected chi connectivity index (χ1v) is 4.80. The van der Waals surface area contributed by atoms with Gasteiger partial charge in [0, 0.05) is 12.5 Å². The fourth-order valence-electron chi connectivity index (χ4n) is 1.07. The second-order valence-electron chi connectivity index (χ2n) is 2.85. The van der Waals surface area contributed by atoms with Crippen molar-refractivity contribution in [2.75, 3.05) is 13.2 Å². The van der Waals surface area contributed by atoms with Gasteiger partial charge in [-0.15, -0.1) is 0 Å². The number of aliphatic hydroxyl groups excluding tert-OH is 1. The highest BCUT2D eigenvalue weighted by atomic mass is 19.1. The van der Waals surface area contributed by atoms with Crippen molar-refractivity contribution >= 4 is 0 Å². The molecule has 0 atom stereocenters. The van der Waals surface area contributed by atoms with E-state index < -0.39 is 5.82 Å². The van der Waals surface area contributed by atoms with Gasteiger partial charge in [0.05, 0.1) is 18.8 Å². The quantitative estimate of drug-likeness (QED) is 0.769. The first-order valence-electron chi connectivity index (χ1n) is 4.80. The first-order chi connectivity index (χ1) is 7.27. The van der Waals surface area contributed by atoms with Gasteiger partial charge in [0.25, 0.3) is 0 Å². The van der Waals surface area contributed by atoms with Crippen LogP contribution < -0.4 is 4.74 Å². The molecule has 0 aliphatic carbocycles. The molecule has 1 aromatic rings. The molecule has 0 aliphatic heterocycles. The first kappa shape index (κ1) is 11.5. The zero-order valence-electron chi connectivity index (χ0n) is 8.59. The molecule has 0 radical (unpaired) electrons. The lowest BCUT2D eigenvalue weighted by Gasteiger charge is -2.02. The molecule has 15 heavy (non-hydrogen) atoms. The smallest absolute Gasteiger partial charge is 0.142 e. The lowest BCUT2D eigenvalue weighted by atomic mass is 10.2. The van der Waals surface area contributed by atoms with Gasteiger partial charge in [0.2, 0.25) is 0 Å². The lowest BCUT2D eigenvalue weighted by molar-refractivity contribution is 0.305. The number of halogens is 1. The summed E-state index contributed by atoms with van der Waals surface area (Å²) in [6.45, 7) is 2.34. The molecule has 1 aromatic carbocycles. The Morgan fingerprint density at radius 1 is 1.47 bits per heavy atom. The molecule has 0 fully saturated rings. The van der Waals surface area contributed by atoms with Crippen LogP contribution in [0.4, 0.5) is 4.39 Å². The molecule has 1 N–H and O–H groups in total. The molecule has 0 heterocycles. The van der Waals surface area contributed by atoms with E-state index in [0.717, 1.165) is 0 Å². The van der Waals surface area contributed by atoms with Gasteiger partial charge in [0.15, 0.2) is 0 Å². The van der Waals surface area contributed by atoms with E-state index in [9.17, 15) is 4.39 Å². The van der Waals surface area contributed by atoms with Gasteiger partial charge in [-0.05, 0) is 19.1 Å². The maximum absolute atomic E-state index is 13.4. The summed E-state index contributed by atoms with van der Waals surface area (Å²) in [7, 11) is 0. The molecule has 0 aromatic heterocycles. The molecule has 0 aliphatic rings. The Kier molecular flexibility index (Phi) is 4.65. The Bertz CT molecular complexity index is 377. The molecule has 0 bridgehead atoms. The van der Waals surface area contributed by atoms with E-state index in [0.29, 0.717) is 24.3 Å². The Labute approximate surface area is 88.7 Å². The standard InChI is InChI=1S/C12H13FO2/c1-2-15-11-7-6-10(12(13)9-11)5-3-4-8-14/h6-7,9,14H,2,4,8H2,1H3. The van der Waals surface area contributed by atoms with Crippen molar-refractivity contribution in [3.05, 3.63) is 29.6 Å². The molecular formula is C12H13FO2. The van der Waals surface area contributed by atoms with Crippen molar-refractivity contribution in [2.45, 2.75) is 13.3 Å². The van der Waals surface area contributed by atoms with Crippen LogP contribution in [-0.2, 0) is 0 Å². The van der Waals surface area contributed by atoms with Crippen molar-refractivity contribution in [1.29, 1.82) is 0 Å². The molecule has 0 saturated heterocycles. The maximum atomic E-state index is 13.4. The minimum atomic E-state index is -0.397. The molecule has 80 valence electrons. The zero-order chi connectivity index (χ0) is 11.1. The lowest BCUT2D eigenvalue weighted by Crippen LogP contribution is -1.93. The fourth-order valence-corrected chi connectivity index (χ4v) is 1.07. The Morgan fingerprint density at radius 2 is 2.27 bits per heavy atom. The summed E-state index contributed by atoms with van der Waals surface area (Å²) in [6.07, 6.45) is 0.354. The van der Waals surface area contributed by atoms with E-state index in [1.807, 2.05) is 6.92 Å². The minimum absolute atomic E-state index is 0.00829. The van der Waals surface area contributed by atoms with Crippen LogP contribution in [0.1, 0.15) is 18.9 Å². The molecular weight excluding hydrogens is 195 g/mol. The van der Waals surface area contributed by atoms with Gasteiger partial charge >= 0.3 is 0 Å². The Hall–Kier alpha value is -1.53. The maximum Gasteiger partial charge on any atom is 0.142 e. The van der Waals surface area contributed by atoms with Gasteiger partial charge in [0.1, 0.15) is 11.6 Å². The van der Waals surface area contributed by atoms with Crippen molar-refractivity contribution in [2.24, 2.45) is 0 Å². The number of benzene rings is 1. The largest absolute Gasteiger partial charge is 0.494 e. The van der Waals surface area contributed by atoms with Gasteiger partial charge in [-0.25, -0.2) is 4.39 Å². The Morgan fingerprint density at radius 3 is 2.87 bits per heavy atom. The van der Waals surface area contributed by atoms with Crippen LogP contribution in [0.2, 0.25) is 0 Å². The van der Waals surface area contributed by atoms with Crippen LogP contribution in [0.5, 0.6) is 5.75 Å². The summed E-state index contributed by atoms with van der Waals surface area (Å²) in [5, 5.41) is 8.51. The van der Waals surface area contributed by atoms with Crippen LogP contribution in [0.25, 0.3) is 0 Å². The molecule has 0 unspecified atom stereocenters. The van der Waals surface area contributed by atoms with Crippen molar-refractivity contribution in [3.63, 3.8) is 0 Å². The van der Waals surface area contributed by atoms with Gasteiger partial charge in [-0.2, -0.15) is 0 Å². The van der Waals surface area contributed by atoms with E-state index in [2.05, 4.69) is 11.8 Å². The Balaban J connectivity index is 2.80. The molecule has 0 saturated carbocycles. The third kappa shape index (κ3) is 3.61. The summed E-state index contributed by atoms with van der Waals surface area (Å²) < 4.78 is 18.5. The van der Waals surface area contributed by atoms with E-state index in [1.165, 1.54) is 6.07 Å². The predicted octanol–water partition coefficient (Wildman–Crippen LogP) is 1.96. The highest BCUT2D eigenvalue weighted by Crippen LogP contribution is 2.15. The van der Waals surface area contributed by atoms with E-state index in [-0.39, 0.29) is 6.61 Å². The molecule has 3 heteroatoms. The number of hydrogen-bond donors (Lipinski definition) is 1. The van der Waals surface area contributed by atoms with Crippen LogP contribution in [-0.4, -0.2) is 18.3 Å². The van der Waals surface area contributed by atoms with Crippen LogP contribution in [0, 0.1) is 17.7 Å². The summed E-state index contributed by atoms with van der Waals surface area (Å²) in [5.74, 6) is 5.41. The van der Waals surface area contributed by atoms with Crippen LogP contribution >= 0.6 is 0 Å². The van der Waals surface area contributed by atoms with E-state index in [1.54, 1.807) is 12.1 Å². The van der Waals surface area contributed by atoms with Gasteiger partial charge < -0.3 is 9.84 Å². The molecule has 1 rings (SSSR count). The van der Waals surface area contributed by atoms with Gasteiger partial charge in [-0.1, -0.05) is 11.8 Å². The number of ether oxygens (including phenoxy) is 1. The molecule has 0 amide bonds. The summed E-state index contributed by atoms with van der Waals surface area (Å²) in [5.41, 5.74) is 0.326. The summed E-state index contributed by atoms with van der Waals surface area (Å²) in [4.78, 5) is 0. The van der Waals surface area contributed by atoms with E-state index >= 15 is 0 Å². The summed E-state index contributed by atoms with van der Waals surface area (Å²) in [6, 6.07) is 4.56. The van der Waals surface area contributed by atoms with Crippen LogP contribution in [0.3, 0.4) is 0 Å². The van der Waals surface area contributed by atoms with Crippen molar-refractivity contribution in [1.82, 2.24) is 0 Å². The van der Waals surface area contributed by atoms with Gasteiger partial charge in [-0.3, -0.25) is 0 Å². The third-order valence-electron chi connectivity index (χ3n) is 1.71. The third-order valence-corrected chi connectivity index (χ3v) is 1.71. The average molecular weight is 208 g/mol. The predicted molar refractivity (Wildman–Crippen MR) is 56.1 cm³/mol. The SMILES string of the molecule is CCOc1ccc(C#CCCO)c(F)c1. The highest BCUT2D eigenvalue weighted by Gasteiger charge is 2.00. The average Bonchev–Trinajstić information content (AvgIpc) is 2.22. The van der Waals surface area contributed by atoms with Crippen molar-refractivity contribution in [3.8, 4) is 17.6 Å². The number of rotatable bonds is 3. The second kappa shape index (κ2) is 6.05. The topological polar surface area (TPSA) is 29.5 Å². The van der Waals surface area contributed by atoms with Crippen molar-refractivity contribution < 1.29 is 14.2 Å². The normalized spacial score (nSPS) is 9.27. The minimum Gasteiger partial charge on any atom is -0.494 e. The van der Waals surface area contributed by atoms with E-state index in [4.69, 9.17) is 9.84 Å². The van der Waals surface area contributed by atoms with Crippen LogP contribution in [0.15, 0.2) is 18.2 Å². The summed E-state index contributed by atoms with van der Waals surface area (Å²) >= 11 is 0. The molecule has 0 spiro atoms. The zero-order valence-corrected chi connectivity index (χ0v) is 8.59. The number of aliphatic hydroxyl groups is 1. The fraction of sp³-hybridized carbons (Fsp3) is 0.333. The second-order valence-corrected chi connectivity index (χ2v) is 2.85. The monoisotopic (exact) mass is 208 g/mol. The highest BCUT2D eigenvalue weighted by molar-refractivity contribution is 5.39. The molecule has 2 nitrogen and oxygen atoms in total. The number of hydrogen-bond acceptors (Lipinski definition) is 2.